The standard InChI is InChI=1S/C8H17N3O2.2ClH/c1-6(9)11-5-3-2-4-7(10)8(12)13;;/h7H,2-5,10H2,1H3,(H2,9,11)(H,12,13);2*1H. The van der Waals surface area contributed by atoms with Crippen LogP contribution in [0.4, 0.5) is 0 Å². The van der Waals surface area contributed by atoms with E-state index >= 15 is 0 Å². The van der Waals surface area contributed by atoms with Gasteiger partial charge in [-0.05, 0) is 26.2 Å². The highest BCUT2D eigenvalue weighted by atomic mass is 35.5. The van der Waals surface area contributed by atoms with Gasteiger partial charge in [-0.15, -0.1) is 24.8 Å². The van der Waals surface area contributed by atoms with Crippen LogP contribution in [0.3, 0.4) is 0 Å². The fraction of sp³-hybridized carbons (Fsp3) is 0.750. The van der Waals surface area contributed by atoms with Crippen LogP contribution < -0.4 is 11.1 Å². The molecule has 7 heteroatoms. The van der Waals surface area contributed by atoms with Crippen LogP contribution >= 0.6 is 24.8 Å². The van der Waals surface area contributed by atoms with Crippen molar-refractivity contribution in [1.82, 2.24) is 5.32 Å². The van der Waals surface area contributed by atoms with E-state index in [2.05, 4.69) is 5.32 Å². The first-order chi connectivity index (χ1) is 6.04. The molecule has 5 nitrogen and oxygen atoms in total. The minimum Gasteiger partial charge on any atom is -0.480 e. The number of halogens is 2. The Hall–Kier alpha value is -0.520. The third-order valence-corrected chi connectivity index (χ3v) is 1.65. The van der Waals surface area contributed by atoms with Crippen LogP contribution in [0.25, 0.3) is 0 Å². The number of nitrogens with one attached hydrogen (secondary N) is 2. The minimum atomic E-state index is -0.948. The van der Waals surface area contributed by atoms with Crippen molar-refractivity contribution in [3.8, 4) is 0 Å². The number of nitrogens with two attached hydrogens (primary N) is 1. The molecule has 0 bridgehead atoms. The number of amidine groups is 1. The summed E-state index contributed by atoms with van der Waals surface area (Å²) in [5, 5.41) is 18.3. The number of hydrogen-bond acceptors (Lipinski definition) is 3. The van der Waals surface area contributed by atoms with E-state index in [1.165, 1.54) is 0 Å². The molecule has 15 heavy (non-hydrogen) atoms. The summed E-state index contributed by atoms with van der Waals surface area (Å²) in [5.41, 5.74) is 5.30. The average molecular weight is 260 g/mol. The van der Waals surface area contributed by atoms with Crippen LogP contribution in [-0.4, -0.2) is 29.5 Å². The van der Waals surface area contributed by atoms with Crippen LogP contribution in [0, 0.1) is 5.41 Å². The lowest BCUT2D eigenvalue weighted by molar-refractivity contribution is -0.138. The van der Waals surface area contributed by atoms with E-state index in [0.717, 1.165) is 12.8 Å². The molecule has 0 aliphatic rings. The number of rotatable bonds is 6. The van der Waals surface area contributed by atoms with Crippen LogP contribution in [0.5, 0.6) is 0 Å². The Balaban J connectivity index is -0.000000720. The van der Waals surface area contributed by atoms with Gasteiger partial charge in [0.05, 0.1) is 5.84 Å². The molecule has 0 saturated heterocycles. The summed E-state index contributed by atoms with van der Waals surface area (Å²) in [7, 11) is 0. The molecule has 1 atom stereocenters. The van der Waals surface area contributed by atoms with Crippen molar-refractivity contribution in [3.05, 3.63) is 0 Å². The van der Waals surface area contributed by atoms with Crippen molar-refractivity contribution in [3.63, 3.8) is 0 Å². The Morgan fingerprint density at radius 2 is 2.00 bits per heavy atom. The lowest BCUT2D eigenvalue weighted by atomic mass is 10.1. The molecule has 0 fully saturated rings. The zero-order valence-corrected chi connectivity index (χ0v) is 10.3. The molecule has 0 aromatic rings. The Labute approximate surface area is 102 Å². The number of hydrogen-bond donors (Lipinski definition) is 4. The molecule has 0 spiro atoms. The summed E-state index contributed by atoms with van der Waals surface area (Å²) in [6, 6.07) is -0.749. The minimum absolute atomic E-state index is 0. The molecular weight excluding hydrogens is 241 g/mol. The summed E-state index contributed by atoms with van der Waals surface area (Å²) in [6.07, 6.45) is 2.11. The molecule has 0 aliphatic carbocycles. The molecule has 0 aliphatic heterocycles. The molecule has 92 valence electrons. The van der Waals surface area contributed by atoms with E-state index in [0.29, 0.717) is 18.8 Å². The van der Waals surface area contributed by atoms with Crippen molar-refractivity contribution < 1.29 is 9.90 Å². The Kier molecular flexibility index (Phi) is 15.4. The van der Waals surface area contributed by atoms with Gasteiger partial charge in [0, 0.05) is 6.54 Å². The molecule has 0 saturated carbocycles. The smallest absolute Gasteiger partial charge is 0.320 e. The van der Waals surface area contributed by atoms with E-state index in [-0.39, 0.29) is 24.8 Å². The highest BCUT2D eigenvalue weighted by Gasteiger charge is 2.09. The molecule has 0 heterocycles. The summed E-state index contributed by atoms with van der Waals surface area (Å²) in [4.78, 5) is 10.3. The van der Waals surface area contributed by atoms with E-state index in [1.54, 1.807) is 6.92 Å². The van der Waals surface area contributed by atoms with E-state index < -0.39 is 12.0 Å². The van der Waals surface area contributed by atoms with Crippen molar-refractivity contribution in [2.75, 3.05) is 6.54 Å². The summed E-state index contributed by atoms with van der Waals surface area (Å²) >= 11 is 0. The molecule has 5 N–H and O–H groups in total. The van der Waals surface area contributed by atoms with Crippen molar-refractivity contribution in [2.45, 2.75) is 32.2 Å². The second kappa shape index (κ2) is 11.6. The van der Waals surface area contributed by atoms with Gasteiger partial charge in [-0.1, -0.05) is 0 Å². The first-order valence-corrected chi connectivity index (χ1v) is 4.31. The van der Waals surface area contributed by atoms with Gasteiger partial charge >= 0.3 is 5.97 Å². The summed E-state index contributed by atoms with van der Waals surface area (Å²) in [5.74, 6) is -0.515. The van der Waals surface area contributed by atoms with Gasteiger partial charge in [-0.3, -0.25) is 10.2 Å². The molecule has 0 aromatic heterocycles. The third-order valence-electron chi connectivity index (χ3n) is 1.65. The zero-order chi connectivity index (χ0) is 10.3. The highest BCUT2D eigenvalue weighted by Crippen LogP contribution is 1.97. The topological polar surface area (TPSA) is 99.2 Å². The number of unbranched alkanes of at least 4 members (excludes halogenated alkanes) is 1. The quantitative estimate of drug-likeness (QED) is 0.325. The fourth-order valence-electron chi connectivity index (χ4n) is 0.889. The molecule has 0 amide bonds. The van der Waals surface area contributed by atoms with E-state index in [4.69, 9.17) is 16.2 Å². The maximum Gasteiger partial charge on any atom is 0.320 e. The number of carbonyl (C=O) groups is 1. The van der Waals surface area contributed by atoms with Crippen LogP contribution in [0.1, 0.15) is 26.2 Å². The number of carboxylic acids is 1. The lowest BCUT2D eigenvalue weighted by Crippen LogP contribution is -2.30. The summed E-state index contributed by atoms with van der Waals surface area (Å²) in [6.45, 7) is 2.38. The Bertz CT molecular complexity index is 191. The molecule has 0 rings (SSSR count). The fourth-order valence-corrected chi connectivity index (χ4v) is 0.889. The van der Waals surface area contributed by atoms with Gasteiger partial charge in [0.15, 0.2) is 0 Å². The van der Waals surface area contributed by atoms with Gasteiger partial charge in [0.1, 0.15) is 6.04 Å². The highest BCUT2D eigenvalue weighted by molar-refractivity contribution is 5.85. The maximum atomic E-state index is 10.3. The second-order valence-corrected chi connectivity index (χ2v) is 2.99. The zero-order valence-electron chi connectivity index (χ0n) is 8.66. The van der Waals surface area contributed by atoms with Crippen LogP contribution in [0.15, 0.2) is 0 Å². The van der Waals surface area contributed by atoms with Crippen molar-refractivity contribution in [2.24, 2.45) is 5.73 Å². The van der Waals surface area contributed by atoms with E-state index in [1.807, 2.05) is 0 Å². The largest absolute Gasteiger partial charge is 0.480 e. The number of carboxylic acid groups (broad SMARTS) is 1. The van der Waals surface area contributed by atoms with Gasteiger partial charge in [0.2, 0.25) is 0 Å². The first kappa shape index (κ1) is 20.0. The normalized spacial score (nSPS) is 10.5. The summed E-state index contributed by atoms with van der Waals surface area (Å²) < 4.78 is 0. The molecule has 0 radical (unpaired) electrons. The van der Waals surface area contributed by atoms with Gasteiger partial charge in [-0.2, -0.15) is 0 Å². The lowest BCUT2D eigenvalue weighted by Gasteiger charge is -2.06. The van der Waals surface area contributed by atoms with Gasteiger partial charge in [-0.25, -0.2) is 0 Å². The van der Waals surface area contributed by atoms with E-state index in [9.17, 15) is 4.79 Å². The molecule has 1 unspecified atom stereocenters. The SMILES string of the molecule is CC(=N)NCCCCC(N)C(=O)O.Cl.Cl. The molecular formula is C8H19Cl2N3O2. The van der Waals surface area contributed by atoms with Gasteiger partial charge < -0.3 is 16.2 Å². The predicted octanol–water partition coefficient (Wildman–Crippen LogP) is 0.999. The third kappa shape index (κ3) is 13.5. The van der Waals surface area contributed by atoms with Crippen molar-refractivity contribution >= 4 is 36.6 Å². The van der Waals surface area contributed by atoms with Crippen molar-refractivity contribution in [1.29, 1.82) is 5.41 Å². The van der Waals surface area contributed by atoms with Crippen LogP contribution in [-0.2, 0) is 4.79 Å². The first-order valence-electron chi connectivity index (χ1n) is 4.31. The van der Waals surface area contributed by atoms with Crippen LogP contribution in [0.2, 0.25) is 0 Å². The Morgan fingerprint density at radius 1 is 1.47 bits per heavy atom. The monoisotopic (exact) mass is 259 g/mol. The van der Waals surface area contributed by atoms with Gasteiger partial charge in [0.25, 0.3) is 0 Å². The maximum absolute atomic E-state index is 10.3. The number of aliphatic carboxylic acids is 1. The second-order valence-electron chi connectivity index (χ2n) is 2.99. The average Bonchev–Trinajstić information content (AvgIpc) is 2.02. The predicted molar refractivity (Wildman–Crippen MR) is 65.4 cm³/mol. The Morgan fingerprint density at radius 3 is 2.40 bits per heavy atom. The molecule has 0 aromatic carbocycles.